The van der Waals surface area contributed by atoms with Gasteiger partial charge in [0, 0.05) is 11.4 Å². The van der Waals surface area contributed by atoms with Crippen molar-refractivity contribution < 1.29 is 27.4 Å². The van der Waals surface area contributed by atoms with Gasteiger partial charge in [0.05, 0.1) is 24.7 Å². The van der Waals surface area contributed by atoms with Crippen LogP contribution in [0, 0.1) is 11.3 Å². The number of hydrogen-bond donors (Lipinski definition) is 0. The minimum Gasteiger partial charge on any atom is -0.466 e. The number of nitriles is 1. The van der Waals surface area contributed by atoms with E-state index < -0.39 is 24.5 Å². The van der Waals surface area contributed by atoms with E-state index in [9.17, 15) is 18.0 Å². The van der Waals surface area contributed by atoms with Gasteiger partial charge in [0.2, 0.25) is 0 Å². The molecule has 0 aliphatic heterocycles. The highest BCUT2D eigenvalue weighted by Crippen LogP contribution is 2.31. The normalized spacial score (nSPS) is 10.9. The van der Waals surface area contributed by atoms with E-state index in [1.165, 1.54) is 6.07 Å². The topological polar surface area (TPSA) is 59.3 Å². The molecule has 0 fully saturated rings. The minimum atomic E-state index is -4.93. The van der Waals surface area contributed by atoms with E-state index in [2.05, 4.69) is 9.47 Å². The summed E-state index contributed by atoms with van der Waals surface area (Å²) in [7, 11) is 0. The van der Waals surface area contributed by atoms with Gasteiger partial charge < -0.3 is 9.47 Å². The fourth-order valence-corrected chi connectivity index (χ4v) is 1.90. The van der Waals surface area contributed by atoms with Crippen LogP contribution in [0.15, 0.2) is 12.1 Å². The Bertz CT molecular complexity index is 567. The molecule has 0 aliphatic carbocycles. The molecule has 0 atom stereocenters. The number of halogens is 4. The SMILES string of the molecule is CCOC(=O)Cc1c(OC(F)(F)F)ccc(CCl)c1C#N. The zero-order chi connectivity index (χ0) is 16.0. The highest BCUT2D eigenvalue weighted by molar-refractivity contribution is 6.17. The molecule has 0 aromatic heterocycles. The van der Waals surface area contributed by atoms with Gasteiger partial charge in [-0.1, -0.05) is 6.07 Å². The molecular weight excluding hydrogens is 311 g/mol. The van der Waals surface area contributed by atoms with Crippen molar-refractivity contribution in [3.8, 4) is 11.8 Å². The van der Waals surface area contributed by atoms with Gasteiger partial charge in [-0.3, -0.25) is 4.79 Å². The second kappa shape index (κ2) is 7.18. The summed E-state index contributed by atoms with van der Waals surface area (Å²) < 4.78 is 45.7. The average Bonchev–Trinajstić information content (AvgIpc) is 2.39. The van der Waals surface area contributed by atoms with E-state index in [4.69, 9.17) is 16.9 Å². The Kier molecular flexibility index (Phi) is 5.85. The highest BCUT2D eigenvalue weighted by atomic mass is 35.5. The largest absolute Gasteiger partial charge is 0.573 e. The van der Waals surface area contributed by atoms with E-state index in [-0.39, 0.29) is 23.6 Å². The lowest BCUT2D eigenvalue weighted by molar-refractivity contribution is -0.275. The molecule has 0 bridgehead atoms. The Morgan fingerprint density at radius 2 is 2.10 bits per heavy atom. The molecule has 0 amide bonds. The van der Waals surface area contributed by atoms with Gasteiger partial charge in [-0.05, 0) is 18.6 Å². The molecule has 21 heavy (non-hydrogen) atoms. The predicted octanol–water partition coefficient (Wildman–Crippen LogP) is 3.30. The van der Waals surface area contributed by atoms with Crippen LogP contribution < -0.4 is 4.74 Å². The van der Waals surface area contributed by atoms with E-state index in [0.29, 0.717) is 5.56 Å². The van der Waals surface area contributed by atoms with Crippen molar-refractivity contribution >= 4 is 17.6 Å². The first-order chi connectivity index (χ1) is 9.82. The van der Waals surface area contributed by atoms with Gasteiger partial charge in [0.25, 0.3) is 0 Å². The summed E-state index contributed by atoms with van der Waals surface area (Å²) >= 11 is 5.64. The van der Waals surface area contributed by atoms with Gasteiger partial charge in [0.15, 0.2) is 0 Å². The second-order valence-corrected chi connectivity index (χ2v) is 4.12. The van der Waals surface area contributed by atoms with E-state index in [1.54, 1.807) is 13.0 Å². The number of benzene rings is 1. The molecule has 8 heteroatoms. The van der Waals surface area contributed by atoms with E-state index in [0.717, 1.165) is 6.07 Å². The number of esters is 1. The van der Waals surface area contributed by atoms with Gasteiger partial charge >= 0.3 is 12.3 Å². The average molecular weight is 322 g/mol. The zero-order valence-corrected chi connectivity index (χ0v) is 11.7. The molecule has 0 N–H and O–H groups in total. The lowest BCUT2D eigenvalue weighted by atomic mass is 9.99. The second-order valence-electron chi connectivity index (χ2n) is 3.85. The van der Waals surface area contributed by atoms with Crippen LogP contribution in [0.1, 0.15) is 23.6 Å². The fraction of sp³-hybridized carbons (Fsp3) is 0.385. The standard InChI is InChI=1S/C13H11ClF3NO3/c1-2-20-12(19)5-9-10(7-18)8(6-14)3-4-11(9)21-13(15,16)17/h3-4H,2,5-6H2,1H3. The number of hydrogen-bond acceptors (Lipinski definition) is 4. The molecule has 0 aliphatic rings. The van der Waals surface area contributed by atoms with Crippen LogP contribution in [0.2, 0.25) is 0 Å². The summed E-state index contributed by atoms with van der Waals surface area (Å²) in [5.41, 5.74) is 0.0132. The van der Waals surface area contributed by atoms with Crippen molar-refractivity contribution in [3.05, 3.63) is 28.8 Å². The fourth-order valence-electron chi connectivity index (χ4n) is 1.68. The maximum Gasteiger partial charge on any atom is 0.573 e. The van der Waals surface area contributed by atoms with Gasteiger partial charge in [-0.25, -0.2) is 0 Å². The molecule has 0 saturated heterocycles. The quantitative estimate of drug-likeness (QED) is 0.616. The molecule has 0 unspecified atom stereocenters. The lowest BCUT2D eigenvalue weighted by Gasteiger charge is -2.15. The lowest BCUT2D eigenvalue weighted by Crippen LogP contribution is -2.20. The van der Waals surface area contributed by atoms with Gasteiger partial charge in [-0.15, -0.1) is 24.8 Å². The number of alkyl halides is 4. The van der Waals surface area contributed by atoms with Crippen molar-refractivity contribution in [3.63, 3.8) is 0 Å². The first-order valence-electron chi connectivity index (χ1n) is 5.84. The number of carbonyl (C=O) groups excluding carboxylic acids is 1. The first-order valence-corrected chi connectivity index (χ1v) is 6.38. The summed E-state index contributed by atoms with van der Waals surface area (Å²) in [6.45, 7) is 1.64. The molecular formula is C13H11ClF3NO3. The molecule has 114 valence electrons. The zero-order valence-electron chi connectivity index (χ0n) is 11.0. The van der Waals surface area contributed by atoms with Crippen molar-refractivity contribution in [1.29, 1.82) is 5.26 Å². The number of rotatable bonds is 5. The molecule has 1 aromatic rings. The first kappa shape index (κ1) is 17.1. The number of carbonyl (C=O) groups is 1. The molecule has 1 aromatic carbocycles. The number of nitrogens with zero attached hydrogens (tertiary/aromatic N) is 1. The van der Waals surface area contributed by atoms with Crippen LogP contribution >= 0.6 is 11.6 Å². The van der Waals surface area contributed by atoms with Crippen LogP contribution in [0.4, 0.5) is 13.2 Å². The van der Waals surface area contributed by atoms with Crippen LogP contribution in [-0.4, -0.2) is 18.9 Å². The minimum absolute atomic E-state index is 0.0748. The third-order valence-electron chi connectivity index (χ3n) is 2.46. The third kappa shape index (κ3) is 4.83. The van der Waals surface area contributed by atoms with Gasteiger partial charge in [-0.2, -0.15) is 5.26 Å². The van der Waals surface area contributed by atoms with Crippen molar-refractivity contribution in [1.82, 2.24) is 0 Å². The van der Waals surface area contributed by atoms with E-state index >= 15 is 0 Å². The molecule has 0 saturated carbocycles. The smallest absolute Gasteiger partial charge is 0.466 e. The van der Waals surface area contributed by atoms with Crippen LogP contribution in [0.25, 0.3) is 0 Å². The molecule has 0 heterocycles. The predicted molar refractivity (Wildman–Crippen MR) is 67.7 cm³/mol. The monoisotopic (exact) mass is 321 g/mol. The Balaban J connectivity index is 3.30. The third-order valence-corrected chi connectivity index (χ3v) is 2.75. The van der Waals surface area contributed by atoms with Crippen molar-refractivity contribution in [2.24, 2.45) is 0 Å². The van der Waals surface area contributed by atoms with E-state index in [1.807, 2.05) is 0 Å². The molecule has 4 nitrogen and oxygen atoms in total. The Morgan fingerprint density at radius 1 is 1.43 bits per heavy atom. The summed E-state index contributed by atoms with van der Waals surface area (Å²) in [5.74, 6) is -1.45. The molecule has 0 radical (unpaired) electrons. The summed E-state index contributed by atoms with van der Waals surface area (Å²) in [5, 5.41) is 9.10. The highest BCUT2D eigenvalue weighted by Gasteiger charge is 2.33. The Hall–Kier alpha value is -1.94. The molecule has 0 spiro atoms. The maximum atomic E-state index is 12.4. The van der Waals surface area contributed by atoms with Crippen LogP contribution in [-0.2, 0) is 21.8 Å². The van der Waals surface area contributed by atoms with Crippen molar-refractivity contribution in [2.45, 2.75) is 25.6 Å². The van der Waals surface area contributed by atoms with Crippen LogP contribution in [0.3, 0.4) is 0 Å². The number of ether oxygens (including phenoxy) is 2. The van der Waals surface area contributed by atoms with Gasteiger partial charge in [0.1, 0.15) is 5.75 Å². The summed E-state index contributed by atoms with van der Waals surface area (Å²) in [6, 6.07) is 4.03. The van der Waals surface area contributed by atoms with Crippen molar-refractivity contribution in [2.75, 3.05) is 6.61 Å². The maximum absolute atomic E-state index is 12.4. The summed E-state index contributed by atoms with van der Waals surface area (Å²) in [4.78, 5) is 11.5. The van der Waals surface area contributed by atoms with Crippen LogP contribution in [0.5, 0.6) is 5.75 Å². The Labute approximate surface area is 124 Å². The molecule has 1 rings (SSSR count). The Morgan fingerprint density at radius 3 is 2.57 bits per heavy atom. The summed E-state index contributed by atoms with van der Waals surface area (Å²) in [6.07, 6.45) is -5.44.